The SMILES string of the molecule is Cc1cc(C)n(CCCNc2cn[nH]c(=O)c2Cl)n1. The Labute approximate surface area is 115 Å². The molecule has 0 bridgehead atoms. The number of nitrogens with zero attached hydrogens (tertiary/aromatic N) is 3. The summed E-state index contributed by atoms with van der Waals surface area (Å²) < 4.78 is 1.97. The Hall–Kier alpha value is -1.82. The fraction of sp³-hybridized carbons (Fsp3) is 0.417. The first kappa shape index (κ1) is 13.6. The van der Waals surface area contributed by atoms with E-state index in [0.29, 0.717) is 12.2 Å². The number of H-pyrrole nitrogens is 1. The Morgan fingerprint density at radius 2 is 2.26 bits per heavy atom. The van der Waals surface area contributed by atoms with Crippen molar-refractivity contribution in [2.75, 3.05) is 11.9 Å². The molecule has 0 unspecified atom stereocenters. The van der Waals surface area contributed by atoms with Gasteiger partial charge < -0.3 is 5.32 Å². The van der Waals surface area contributed by atoms with Crippen LogP contribution in [0.2, 0.25) is 5.02 Å². The maximum absolute atomic E-state index is 11.2. The molecule has 0 aliphatic rings. The summed E-state index contributed by atoms with van der Waals surface area (Å²) in [6.07, 6.45) is 2.39. The van der Waals surface area contributed by atoms with E-state index in [1.807, 2.05) is 24.6 Å². The van der Waals surface area contributed by atoms with Crippen LogP contribution in [0.4, 0.5) is 5.69 Å². The second-order valence-corrected chi connectivity index (χ2v) is 4.74. The molecule has 2 aromatic rings. The smallest absolute Gasteiger partial charge is 0.285 e. The van der Waals surface area contributed by atoms with Gasteiger partial charge >= 0.3 is 0 Å². The third-order valence-electron chi connectivity index (χ3n) is 2.76. The van der Waals surface area contributed by atoms with Gasteiger partial charge in [0.05, 0.1) is 17.6 Å². The van der Waals surface area contributed by atoms with Gasteiger partial charge in [-0.15, -0.1) is 0 Å². The van der Waals surface area contributed by atoms with Crippen LogP contribution < -0.4 is 10.9 Å². The van der Waals surface area contributed by atoms with Gasteiger partial charge in [0.1, 0.15) is 5.02 Å². The van der Waals surface area contributed by atoms with E-state index >= 15 is 0 Å². The molecule has 6 nitrogen and oxygen atoms in total. The molecule has 0 aliphatic heterocycles. The summed E-state index contributed by atoms with van der Waals surface area (Å²) in [5, 5.41) is 13.6. The number of halogens is 1. The molecule has 2 N–H and O–H groups in total. The fourth-order valence-electron chi connectivity index (χ4n) is 1.86. The van der Waals surface area contributed by atoms with Crippen molar-refractivity contribution in [2.45, 2.75) is 26.8 Å². The third-order valence-corrected chi connectivity index (χ3v) is 3.14. The molecule has 0 atom stereocenters. The van der Waals surface area contributed by atoms with E-state index < -0.39 is 0 Å². The number of anilines is 1. The molecule has 2 heterocycles. The lowest BCUT2D eigenvalue weighted by atomic mass is 10.3. The monoisotopic (exact) mass is 281 g/mol. The van der Waals surface area contributed by atoms with Gasteiger partial charge in [0.25, 0.3) is 5.56 Å². The van der Waals surface area contributed by atoms with Crippen LogP contribution in [-0.4, -0.2) is 26.5 Å². The highest BCUT2D eigenvalue weighted by atomic mass is 35.5. The second kappa shape index (κ2) is 5.88. The van der Waals surface area contributed by atoms with E-state index in [-0.39, 0.29) is 10.6 Å². The number of aromatic nitrogens is 4. The number of aromatic amines is 1. The number of hydrogen-bond donors (Lipinski definition) is 2. The van der Waals surface area contributed by atoms with Crippen LogP contribution in [-0.2, 0) is 6.54 Å². The molecule has 0 radical (unpaired) electrons. The largest absolute Gasteiger partial charge is 0.382 e. The van der Waals surface area contributed by atoms with Crippen molar-refractivity contribution < 1.29 is 0 Å². The zero-order valence-corrected chi connectivity index (χ0v) is 11.7. The van der Waals surface area contributed by atoms with Gasteiger partial charge in [0.15, 0.2) is 0 Å². The molecule has 2 rings (SSSR count). The number of rotatable bonds is 5. The summed E-state index contributed by atoms with van der Waals surface area (Å²) in [5.41, 5.74) is 2.34. The number of aryl methyl sites for hydroxylation is 3. The average Bonchev–Trinajstić information content (AvgIpc) is 2.68. The van der Waals surface area contributed by atoms with Crippen LogP contribution in [0.15, 0.2) is 17.1 Å². The van der Waals surface area contributed by atoms with E-state index in [1.165, 1.54) is 6.20 Å². The molecule has 2 aromatic heterocycles. The molecular formula is C12H16ClN5O. The van der Waals surface area contributed by atoms with Gasteiger partial charge in [0, 0.05) is 18.8 Å². The highest BCUT2D eigenvalue weighted by molar-refractivity contribution is 6.32. The van der Waals surface area contributed by atoms with Crippen LogP contribution in [0, 0.1) is 13.8 Å². The van der Waals surface area contributed by atoms with Gasteiger partial charge in [0.2, 0.25) is 0 Å². The van der Waals surface area contributed by atoms with Gasteiger partial charge in [-0.05, 0) is 26.3 Å². The summed E-state index contributed by atoms with van der Waals surface area (Å²) in [6, 6.07) is 2.05. The first-order chi connectivity index (χ1) is 9.08. The van der Waals surface area contributed by atoms with Crippen molar-refractivity contribution in [1.82, 2.24) is 20.0 Å². The Balaban J connectivity index is 1.86. The van der Waals surface area contributed by atoms with E-state index in [2.05, 4.69) is 20.6 Å². The summed E-state index contributed by atoms with van der Waals surface area (Å²) in [5.74, 6) is 0. The van der Waals surface area contributed by atoms with Crippen molar-refractivity contribution in [3.05, 3.63) is 39.0 Å². The lowest BCUT2D eigenvalue weighted by Crippen LogP contribution is -2.14. The quantitative estimate of drug-likeness (QED) is 0.819. The average molecular weight is 282 g/mol. The van der Waals surface area contributed by atoms with Gasteiger partial charge in [-0.2, -0.15) is 10.2 Å². The first-order valence-electron chi connectivity index (χ1n) is 6.06. The number of nitrogens with one attached hydrogen (secondary N) is 2. The molecule has 0 saturated carbocycles. The Kier molecular flexibility index (Phi) is 4.21. The van der Waals surface area contributed by atoms with Crippen molar-refractivity contribution >= 4 is 17.3 Å². The molecule has 0 saturated heterocycles. The number of hydrogen-bond acceptors (Lipinski definition) is 4. The maximum atomic E-state index is 11.2. The van der Waals surface area contributed by atoms with Crippen LogP contribution in [0.25, 0.3) is 0 Å². The zero-order valence-electron chi connectivity index (χ0n) is 10.9. The van der Waals surface area contributed by atoms with Crippen molar-refractivity contribution in [2.24, 2.45) is 0 Å². The van der Waals surface area contributed by atoms with Crippen molar-refractivity contribution in [1.29, 1.82) is 0 Å². The Bertz CT molecular complexity index is 619. The van der Waals surface area contributed by atoms with Crippen molar-refractivity contribution in [3.63, 3.8) is 0 Å². The topological polar surface area (TPSA) is 75.6 Å². The van der Waals surface area contributed by atoms with Gasteiger partial charge in [-0.25, -0.2) is 5.10 Å². The Morgan fingerprint density at radius 1 is 1.47 bits per heavy atom. The molecule has 0 aliphatic carbocycles. The Morgan fingerprint density at radius 3 is 2.95 bits per heavy atom. The molecule has 19 heavy (non-hydrogen) atoms. The standard InChI is InChI=1S/C12H16ClN5O/c1-8-6-9(2)18(17-8)5-3-4-14-10-7-15-16-12(19)11(10)13/h6-7H,3-5H2,1-2H3,(H2,14,16,19). The summed E-state index contributed by atoms with van der Waals surface area (Å²) in [7, 11) is 0. The van der Waals surface area contributed by atoms with Crippen molar-refractivity contribution in [3.8, 4) is 0 Å². The molecule has 0 amide bonds. The van der Waals surface area contributed by atoms with E-state index in [9.17, 15) is 4.79 Å². The zero-order chi connectivity index (χ0) is 13.8. The predicted molar refractivity (Wildman–Crippen MR) is 74.7 cm³/mol. The second-order valence-electron chi connectivity index (χ2n) is 4.36. The van der Waals surface area contributed by atoms with Gasteiger partial charge in [-0.3, -0.25) is 9.48 Å². The molecule has 102 valence electrons. The fourth-order valence-corrected chi connectivity index (χ4v) is 2.02. The third kappa shape index (κ3) is 3.35. The normalized spacial score (nSPS) is 10.7. The van der Waals surface area contributed by atoms with E-state index in [4.69, 9.17) is 11.6 Å². The lowest BCUT2D eigenvalue weighted by Gasteiger charge is -2.08. The first-order valence-corrected chi connectivity index (χ1v) is 6.44. The molecule has 0 aromatic carbocycles. The van der Waals surface area contributed by atoms with E-state index in [1.54, 1.807) is 0 Å². The van der Waals surface area contributed by atoms with E-state index in [0.717, 1.165) is 24.4 Å². The summed E-state index contributed by atoms with van der Waals surface area (Å²) in [6.45, 7) is 5.53. The van der Waals surface area contributed by atoms with Gasteiger partial charge in [-0.1, -0.05) is 11.6 Å². The minimum Gasteiger partial charge on any atom is -0.382 e. The molecular weight excluding hydrogens is 266 g/mol. The highest BCUT2D eigenvalue weighted by Crippen LogP contribution is 2.14. The molecule has 0 spiro atoms. The minimum absolute atomic E-state index is 0.140. The lowest BCUT2D eigenvalue weighted by molar-refractivity contribution is 0.573. The predicted octanol–water partition coefficient (Wildman–Crippen LogP) is 1.74. The summed E-state index contributed by atoms with van der Waals surface area (Å²) >= 11 is 5.85. The van der Waals surface area contributed by atoms with Crippen LogP contribution in [0.5, 0.6) is 0 Å². The van der Waals surface area contributed by atoms with Crippen LogP contribution >= 0.6 is 11.6 Å². The van der Waals surface area contributed by atoms with Crippen LogP contribution in [0.1, 0.15) is 17.8 Å². The highest BCUT2D eigenvalue weighted by Gasteiger charge is 2.04. The van der Waals surface area contributed by atoms with Crippen LogP contribution in [0.3, 0.4) is 0 Å². The summed E-state index contributed by atoms with van der Waals surface area (Å²) in [4.78, 5) is 11.2. The minimum atomic E-state index is -0.384. The molecule has 0 fully saturated rings. The molecule has 7 heteroatoms. The maximum Gasteiger partial charge on any atom is 0.285 e.